The van der Waals surface area contributed by atoms with Gasteiger partial charge in [0.1, 0.15) is 0 Å². The molecule has 0 saturated carbocycles. The average molecular weight is 271 g/mol. The Labute approximate surface area is 114 Å². The number of H-pyrrole nitrogens is 1. The van der Waals surface area contributed by atoms with Gasteiger partial charge in [0.2, 0.25) is 0 Å². The first-order valence-electron chi connectivity index (χ1n) is 6.08. The Morgan fingerprint density at radius 3 is 3.00 bits per heavy atom. The molecule has 0 bridgehead atoms. The maximum Gasteiger partial charge on any atom is 0.272 e. The summed E-state index contributed by atoms with van der Waals surface area (Å²) in [5.41, 5.74) is 1.34. The van der Waals surface area contributed by atoms with Crippen LogP contribution in [0.25, 0.3) is 10.9 Å². The summed E-state index contributed by atoms with van der Waals surface area (Å²) < 4.78 is 0. The van der Waals surface area contributed by atoms with Gasteiger partial charge in [-0.3, -0.25) is 9.89 Å². The molecule has 3 aromatic rings. The van der Waals surface area contributed by atoms with Gasteiger partial charge in [-0.05, 0) is 23.9 Å². The highest BCUT2D eigenvalue weighted by Gasteiger charge is 2.12. The van der Waals surface area contributed by atoms with E-state index in [4.69, 9.17) is 0 Å². The van der Waals surface area contributed by atoms with Crippen molar-refractivity contribution in [2.24, 2.45) is 0 Å². The first-order chi connectivity index (χ1) is 9.34. The van der Waals surface area contributed by atoms with Gasteiger partial charge in [-0.25, -0.2) is 0 Å². The predicted molar refractivity (Wildman–Crippen MR) is 76.4 cm³/mol. The molecule has 1 aromatic carbocycles. The van der Waals surface area contributed by atoms with Crippen LogP contribution in [0.2, 0.25) is 0 Å². The number of hydrogen-bond acceptors (Lipinski definition) is 3. The quantitative estimate of drug-likeness (QED) is 0.766. The van der Waals surface area contributed by atoms with Crippen LogP contribution >= 0.6 is 11.3 Å². The van der Waals surface area contributed by atoms with Gasteiger partial charge >= 0.3 is 0 Å². The number of thiophene rings is 1. The smallest absolute Gasteiger partial charge is 0.272 e. The number of nitrogens with zero attached hydrogens (tertiary/aromatic N) is 1. The Balaban J connectivity index is 1.67. The minimum Gasteiger partial charge on any atom is -0.350 e. The van der Waals surface area contributed by atoms with Crippen molar-refractivity contribution < 1.29 is 4.79 Å². The molecule has 1 amide bonds. The number of hydrogen-bond donors (Lipinski definition) is 2. The summed E-state index contributed by atoms with van der Waals surface area (Å²) >= 11 is 1.70. The second-order valence-electron chi connectivity index (χ2n) is 4.20. The molecule has 5 heteroatoms. The lowest BCUT2D eigenvalue weighted by atomic mass is 10.2. The number of rotatable bonds is 4. The van der Waals surface area contributed by atoms with Crippen molar-refractivity contribution in [2.75, 3.05) is 6.54 Å². The Morgan fingerprint density at radius 2 is 2.16 bits per heavy atom. The SMILES string of the molecule is O=C(NCCc1cccs1)c1n[nH]c2ccccc12. The van der Waals surface area contributed by atoms with Crippen molar-refractivity contribution in [2.45, 2.75) is 6.42 Å². The normalized spacial score (nSPS) is 10.7. The number of carbonyl (C=O) groups excluding carboxylic acids is 1. The molecule has 4 nitrogen and oxygen atoms in total. The molecule has 2 aromatic heterocycles. The van der Waals surface area contributed by atoms with E-state index >= 15 is 0 Å². The summed E-state index contributed by atoms with van der Waals surface area (Å²) in [4.78, 5) is 13.3. The zero-order chi connectivity index (χ0) is 13.1. The minimum atomic E-state index is -0.131. The van der Waals surface area contributed by atoms with E-state index in [1.807, 2.05) is 35.7 Å². The molecule has 0 aliphatic carbocycles. The van der Waals surface area contributed by atoms with Crippen molar-refractivity contribution in [1.29, 1.82) is 0 Å². The van der Waals surface area contributed by atoms with Gasteiger partial charge in [0.25, 0.3) is 5.91 Å². The van der Waals surface area contributed by atoms with E-state index in [1.165, 1.54) is 4.88 Å². The number of para-hydroxylation sites is 1. The summed E-state index contributed by atoms with van der Waals surface area (Å²) in [6.07, 6.45) is 0.853. The van der Waals surface area contributed by atoms with Crippen LogP contribution in [0.1, 0.15) is 15.4 Å². The number of fused-ring (bicyclic) bond motifs is 1. The third-order valence-electron chi connectivity index (χ3n) is 2.92. The van der Waals surface area contributed by atoms with E-state index in [9.17, 15) is 4.79 Å². The Bertz CT molecular complexity index is 688. The molecule has 0 aliphatic rings. The van der Waals surface area contributed by atoms with E-state index in [-0.39, 0.29) is 5.91 Å². The summed E-state index contributed by atoms with van der Waals surface area (Å²) in [7, 11) is 0. The fourth-order valence-electron chi connectivity index (χ4n) is 1.97. The maximum absolute atomic E-state index is 12.1. The number of nitrogens with one attached hydrogen (secondary N) is 2. The third-order valence-corrected chi connectivity index (χ3v) is 3.86. The van der Waals surface area contributed by atoms with Crippen LogP contribution in [-0.4, -0.2) is 22.6 Å². The number of aromatic amines is 1. The van der Waals surface area contributed by atoms with E-state index in [2.05, 4.69) is 21.6 Å². The number of amides is 1. The molecule has 0 atom stereocenters. The van der Waals surface area contributed by atoms with Crippen molar-refractivity contribution in [3.63, 3.8) is 0 Å². The fourth-order valence-corrected chi connectivity index (χ4v) is 2.68. The second-order valence-corrected chi connectivity index (χ2v) is 5.24. The van der Waals surface area contributed by atoms with Gasteiger partial charge in [-0.2, -0.15) is 5.10 Å². The van der Waals surface area contributed by atoms with Gasteiger partial charge in [-0.15, -0.1) is 11.3 Å². The highest BCUT2D eigenvalue weighted by Crippen LogP contribution is 2.14. The lowest BCUT2D eigenvalue weighted by Gasteiger charge is -2.02. The van der Waals surface area contributed by atoms with Crippen molar-refractivity contribution in [1.82, 2.24) is 15.5 Å². The first kappa shape index (κ1) is 11.9. The van der Waals surface area contributed by atoms with Crippen LogP contribution in [0.3, 0.4) is 0 Å². The zero-order valence-corrected chi connectivity index (χ0v) is 11.0. The Hall–Kier alpha value is -2.14. The molecule has 19 heavy (non-hydrogen) atoms. The summed E-state index contributed by atoms with van der Waals surface area (Å²) in [5.74, 6) is -0.131. The molecule has 0 aliphatic heterocycles. The Morgan fingerprint density at radius 1 is 1.26 bits per heavy atom. The predicted octanol–water partition coefficient (Wildman–Crippen LogP) is 2.60. The van der Waals surface area contributed by atoms with Crippen LogP contribution < -0.4 is 5.32 Å². The van der Waals surface area contributed by atoms with Crippen LogP contribution in [0.15, 0.2) is 41.8 Å². The van der Waals surface area contributed by atoms with E-state index < -0.39 is 0 Å². The van der Waals surface area contributed by atoms with Gasteiger partial charge < -0.3 is 5.32 Å². The molecule has 2 heterocycles. The third kappa shape index (κ3) is 2.51. The molecule has 0 fully saturated rings. The van der Waals surface area contributed by atoms with Crippen LogP contribution in [0, 0.1) is 0 Å². The lowest BCUT2D eigenvalue weighted by molar-refractivity contribution is 0.0951. The van der Waals surface area contributed by atoms with Gasteiger partial charge in [0.15, 0.2) is 5.69 Å². The highest BCUT2D eigenvalue weighted by atomic mass is 32.1. The summed E-state index contributed by atoms with van der Waals surface area (Å²) in [5, 5.41) is 12.7. The maximum atomic E-state index is 12.1. The zero-order valence-electron chi connectivity index (χ0n) is 10.2. The summed E-state index contributed by atoms with van der Waals surface area (Å²) in [6, 6.07) is 11.7. The van der Waals surface area contributed by atoms with Gasteiger partial charge in [0.05, 0.1) is 5.52 Å². The number of carbonyl (C=O) groups is 1. The van der Waals surface area contributed by atoms with Crippen molar-refractivity contribution in [3.8, 4) is 0 Å². The number of aromatic nitrogens is 2. The summed E-state index contributed by atoms with van der Waals surface area (Å²) in [6.45, 7) is 0.626. The van der Waals surface area contributed by atoms with E-state index in [1.54, 1.807) is 11.3 Å². The first-order valence-corrected chi connectivity index (χ1v) is 6.96. The van der Waals surface area contributed by atoms with Crippen molar-refractivity contribution >= 4 is 28.1 Å². The molecule has 0 radical (unpaired) electrons. The van der Waals surface area contributed by atoms with Gasteiger partial charge in [-0.1, -0.05) is 24.3 Å². The second kappa shape index (κ2) is 5.24. The molecule has 0 unspecified atom stereocenters. The molecule has 2 N–H and O–H groups in total. The largest absolute Gasteiger partial charge is 0.350 e. The van der Waals surface area contributed by atoms with Crippen LogP contribution in [0.4, 0.5) is 0 Å². The number of benzene rings is 1. The molecule has 0 spiro atoms. The lowest BCUT2D eigenvalue weighted by Crippen LogP contribution is -2.26. The van der Waals surface area contributed by atoms with Crippen molar-refractivity contribution in [3.05, 3.63) is 52.3 Å². The molecular formula is C14H13N3OS. The topological polar surface area (TPSA) is 57.8 Å². The highest BCUT2D eigenvalue weighted by molar-refractivity contribution is 7.09. The van der Waals surface area contributed by atoms with E-state index in [0.29, 0.717) is 12.2 Å². The average Bonchev–Trinajstić information content (AvgIpc) is 3.07. The Kier molecular flexibility index (Phi) is 3.29. The standard InChI is InChI=1S/C14H13N3OS/c18-14(15-8-7-10-4-3-9-19-10)13-11-5-1-2-6-12(11)16-17-13/h1-6,9H,7-8H2,(H,15,18)(H,16,17). The monoisotopic (exact) mass is 271 g/mol. The van der Waals surface area contributed by atoms with Crippen LogP contribution in [0.5, 0.6) is 0 Å². The fraction of sp³-hybridized carbons (Fsp3) is 0.143. The van der Waals surface area contributed by atoms with Gasteiger partial charge in [0, 0.05) is 16.8 Å². The van der Waals surface area contributed by atoms with E-state index in [0.717, 1.165) is 17.3 Å². The van der Waals surface area contributed by atoms with Crippen LogP contribution in [-0.2, 0) is 6.42 Å². The molecule has 0 saturated heterocycles. The molecule has 3 rings (SSSR count). The molecule has 96 valence electrons. The molecular weight excluding hydrogens is 258 g/mol. The minimum absolute atomic E-state index is 0.131.